The lowest BCUT2D eigenvalue weighted by molar-refractivity contribution is 0.411. The van der Waals surface area contributed by atoms with E-state index in [1.165, 1.54) is 0 Å². The summed E-state index contributed by atoms with van der Waals surface area (Å²) in [6.45, 7) is 1.96. The second kappa shape index (κ2) is 4.93. The van der Waals surface area contributed by atoms with Gasteiger partial charge in [-0.2, -0.15) is 10.1 Å². The van der Waals surface area contributed by atoms with Gasteiger partial charge in [-0.15, -0.1) is 0 Å². The van der Waals surface area contributed by atoms with Gasteiger partial charge < -0.3 is 15.0 Å². The Kier molecular flexibility index (Phi) is 3.09. The maximum Gasteiger partial charge on any atom is 0.263 e. The van der Waals surface area contributed by atoms with Crippen LogP contribution in [0.1, 0.15) is 5.56 Å². The summed E-state index contributed by atoms with van der Waals surface area (Å²) in [5, 5.41) is 8.05. The third-order valence-corrected chi connectivity index (χ3v) is 3.29. The van der Waals surface area contributed by atoms with E-state index in [4.69, 9.17) is 15.0 Å². The Morgan fingerprint density at radius 3 is 2.76 bits per heavy atom. The molecular weight excluding hydrogens is 270 g/mol. The van der Waals surface area contributed by atoms with Crippen LogP contribution in [0, 0.1) is 6.92 Å². The van der Waals surface area contributed by atoms with E-state index in [1.54, 1.807) is 25.0 Å². The molecule has 0 amide bonds. The number of nitrogen functional groups attached to an aromatic ring is 1. The maximum absolute atomic E-state index is 5.90. The van der Waals surface area contributed by atoms with E-state index in [0.29, 0.717) is 23.1 Å². The summed E-state index contributed by atoms with van der Waals surface area (Å²) < 4.78 is 12.1. The highest BCUT2D eigenvalue weighted by Crippen LogP contribution is 2.28. The van der Waals surface area contributed by atoms with Crippen LogP contribution in [-0.2, 0) is 7.05 Å². The van der Waals surface area contributed by atoms with Crippen molar-refractivity contribution in [2.45, 2.75) is 6.92 Å². The third kappa shape index (κ3) is 2.22. The Morgan fingerprint density at radius 2 is 2.14 bits per heavy atom. The predicted octanol–water partition coefficient (Wildman–Crippen LogP) is 2.04. The molecule has 0 aliphatic carbocycles. The number of ether oxygens (including phenoxy) is 1. The minimum Gasteiger partial charge on any atom is -0.496 e. The molecular formula is C14H15N5O2. The Labute approximate surface area is 121 Å². The molecule has 0 radical (unpaired) electrons. The Balaban J connectivity index is 1.98. The largest absolute Gasteiger partial charge is 0.496 e. The van der Waals surface area contributed by atoms with Crippen molar-refractivity contribution in [3.63, 3.8) is 0 Å². The fourth-order valence-electron chi connectivity index (χ4n) is 2.08. The van der Waals surface area contributed by atoms with Crippen molar-refractivity contribution in [2.75, 3.05) is 12.8 Å². The third-order valence-electron chi connectivity index (χ3n) is 3.29. The summed E-state index contributed by atoms with van der Waals surface area (Å²) in [5.41, 5.74) is 8.38. The van der Waals surface area contributed by atoms with Crippen molar-refractivity contribution in [1.29, 1.82) is 0 Å². The molecule has 3 aromatic rings. The van der Waals surface area contributed by atoms with Gasteiger partial charge in [-0.05, 0) is 30.7 Å². The van der Waals surface area contributed by atoms with Crippen molar-refractivity contribution >= 4 is 5.82 Å². The average Bonchev–Trinajstić information content (AvgIpc) is 3.07. The van der Waals surface area contributed by atoms with Gasteiger partial charge in [0.1, 0.15) is 17.1 Å². The number of benzene rings is 1. The first-order valence-electron chi connectivity index (χ1n) is 6.36. The number of hydrogen-bond donors (Lipinski definition) is 1. The van der Waals surface area contributed by atoms with Crippen LogP contribution < -0.4 is 10.5 Å². The molecule has 108 valence electrons. The lowest BCUT2D eigenvalue weighted by atomic mass is 10.1. The molecule has 2 N–H and O–H groups in total. The Morgan fingerprint density at radius 1 is 1.33 bits per heavy atom. The van der Waals surface area contributed by atoms with Crippen LogP contribution in [0.3, 0.4) is 0 Å². The minimum absolute atomic E-state index is 0.351. The first kappa shape index (κ1) is 13.2. The zero-order valence-corrected chi connectivity index (χ0v) is 12.0. The van der Waals surface area contributed by atoms with Gasteiger partial charge in [-0.25, -0.2) is 0 Å². The highest BCUT2D eigenvalue weighted by molar-refractivity contribution is 5.68. The number of methoxy groups -OCH3 is 1. The summed E-state index contributed by atoms with van der Waals surface area (Å²) in [5.74, 6) is 2.15. The summed E-state index contributed by atoms with van der Waals surface area (Å²) >= 11 is 0. The molecule has 3 rings (SSSR count). The van der Waals surface area contributed by atoms with Gasteiger partial charge in [-0.1, -0.05) is 5.16 Å². The molecule has 1 aromatic carbocycles. The maximum atomic E-state index is 5.90. The molecule has 0 fully saturated rings. The Bertz CT molecular complexity index is 791. The molecule has 7 nitrogen and oxygen atoms in total. The van der Waals surface area contributed by atoms with Crippen LogP contribution in [0.5, 0.6) is 5.75 Å². The smallest absolute Gasteiger partial charge is 0.263 e. The lowest BCUT2D eigenvalue weighted by Gasteiger charge is -2.04. The number of aromatic nitrogens is 4. The number of nitrogens with zero attached hydrogens (tertiary/aromatic N) is 4. The van der Waals surface area contributed by atoms with E-state index < -0.39 is 0 Å². The van der Waals surface area contributed by atoms with Crippen LogP contribution in [0.4, 0.5) is 5.82 Å². The number of aryl methyl sites for hydroxylation is 2. The average molecular weight is 285 g/mol. The highest BCUT2D eigenvalue weighted by atomic mass is 16.5. The zero-order chi connectivity index (χ0) is 15.0. The van der Waals surface area contributed by atoms with Crippen LogP contribution in [-0.4, -0.2) is 27.0 Å². The van der Waals surface area contributed by atoms with Gasteiger partial charge in [0.05, 0.1) is 13.3 Å². The first-order valence-corrected chi connectivity index (χ1v) is 6.36. The van der Waals surface area contributed by atoms with E-state index in [1.807, 2.05) is 25.1 Å². The van der Waals surface area contributed by atoms with Crippen molar-refractivity contribution in [2.24, 2.45) is 7.05 Å². The summed E-state index contributed by atoms with van der Waals surface area (Å²) in [7, 11) is 3.39. The molecule has 21 heavy (non-hydrogen) atoms. The lowest BCUT2D eigenvalue weighted by Crippen LogP contribution is -1.98. The molecule has 2 aromatic heterocycles. The Hall–Kier alpha value is -2.83. The summed E-state index contributed by atoms with van der Waals surface area (Å²) in [6, 6.07) is 5.70. The zero-order valence-electron chi connectivity index (χ0n) is 12.0. The molecule has 7 heteroatoms. The van der Waals surface area contributed by atoms with Gasteiger partial charge in [0.2, 0.25) is 5.82 Å². The molecule has 0 saturated carbocycles. The topological polar surface area (TPSA) is 92.0 Å². The van der Waals surface area contributed by atoms with E-state index in [9.17, 15) is 0 Å². The highest BCUT2D eigenvalue weighted by Gasteiger charge is 2.16. The van der Waals surface area contributed by atoms with Gasteiger partial charge in [0.25, 0.3) is 5.89 Å². The molecule has 0 unspecified atom stereocenters. The van der Waals surface area contributed by atoms with Gasteiger partial charge in [0, 0.05) is 12.6 Å². The fourth-order valence-corrected chi connectivity index (χ4v) is 2.08. The predicted molar refractivity (Wildman–Crippen MR) is 77.6 cm³/mol. The van der Waals surface area contributed by atoms with Gasteiger partial charge in [-0.3, -0.25) is 4.68 Å². The second-order valence-electron chi connectivity index (χ2n) is 4.67. The molecule has 0 atom stereocenters. The van der Waals surface area contributed by atoms with Crippen molar-refractivity contribution in [1.82, 2.24) is 19.9 Å². The number of hydrogen-bond acceptors (Lipinski definition) is 6. The number of anilines is 1. The number of nitrogens with two attached hydrogens (primary N) is 1. The summed E-state index contributed by atoms with van der Waals surface area (Å²) in [6.07, 6.45) is 1.60. The number of rotatable bonds is 3. The van der Waals surface area contributed by atoms with E-state index in [0.717, 1.165) is 16.9 Å². The standard InChI is InChI=1S/C14H15N5O2/c1-8-6-9(4-5-11(8)20-3)13-17-14(21-18-13)10-7-16-19(2)12(10)15/h4-7H,15H2,1-3H3. The monoisotopic (exact) mass is 285 g/mol. The fraction of sp³-hybridized carbons (Fsp3) is 0.214. The molecule has 0 spiro atoms. The molecule has 0 aliphatic rings. The van der Waals surface area contributed by atoms with Crippen LogP contribution in [0.15, 0.2) is 28.9 Å². The molecule has 0 aliphatic heterocycles. The molecule has 2 heterocycles. The van der Waals surface area contributed by atoms with Gasteiger partial charge >= 0.3 is 0 Å². The van der Waals surface area contributed by atoms with E-state index >= 15 is 0 Å². The van der Waals surface area contributed by atoms with Crippen molar-refractivity contribution in [3.8, 4) is 28.6 Å². The second-order valence-corrected chi connectivity index (χ2v) is 4.67. The van der Waals surface area contributed by atoms with Crippen LogP contribution in [0.25, 0.3) is 22.8 Å². The van der Waals surface area contributed by atoms with Gasteiger partial charge in [0.15, 0.2) is 0 Å². The normalized spacial score (nSPS) is 10.8. The molecule has 0 saturated heterocycles. The van der Waals surface area contributed by atoms with Crippen LogP contribution in [0.2, 0.25) is 0 Å². The van der Waals surface area contributed by atoms with Crippen molar-refractivity contribution in [3.05, 3.63) is 30.0 Å². The SMILES string of the molecule is COc1ccc(-c2noc(-c3cnn(C)c3N)n2)cc1C. The van der Waals surface area contributed by atoms with Crippen LogP contribution >= 0.6 is 0 Å². The summed E-state index contributed by atoms with van der Waals surface area (Å²) in [4.78, 5) is 4.37. The van der Waals surface area contributed by atoms with E-state index in [2.05, 4.69) is 15.2 Å². The molecule has 0 bridgehead atoms. The quantitative estimate of drug-likeness (QED) is 0.791. The minimum atomic E-state index is 0.351. The van der Waals surface area contributed by atoms with Crippen molar-refractivity contribution < 1.29 is 9.26 Å². The first-order chi connectivity index (χ1) is 10.1. The van der Waals surface area contributed by atoms with E-state index in [-0.39, 0.29) is 0 Å².